The zero-order chi connectivity index (χ0) is 19.2. The Morgan fingerprint density at radius 3 is 2.48 bits per heavy atom. The molecular weight excluding hydrogens is 378 g/mol. The number of aryl methyl sites for hydroxylation is 1. The highest BCUT2D eigenvalue weighted by Crippen LogP contribution is 2.25. The molecule has 1 heterocycles. The Kier molecular flexibility index (Phi) is 6.48. The SMILES string of the molecule is C=CCn1c(SCC(=O)c2ccc(CC)cc2)nnc1-c1ccc(Cl)cc1. The molecule has 27 heavy (non-hydrogen) atoms. The van der Waals surface area contributed by atoms with Gasteiger partial charge in [-0.3, -0.25) is 9.36 Å². The van der Waals surface area contributed by atoms with Crippen molar-refractivity contribution in [2.24, 2.45) is 0 Å². The Morgan fingerprint density at radius 1 is 1.15 bits per heavy atom. The zero-order valence-electron chi connectivity index (χ0n) is 15.1. The van der Waals surface area contributed by atoms with E-state index in [1.807, 2.05) is 53.1 Å². The molecule has 0 N–H and O–H groups in total. The van der Waals surface area contributed by atoms with Crippen LogP contribution in [0.4, 0.5) is 0 Å². The fourth-order valence-corrected chi connectivity index (χ4v) is 3.61. The van der Waals surface area contributed by atoms with Gasteiger partial charge in [-0.05, 0) is 36.2 Å². The van der Waals surface area contributed by atoms with E-state index in [0.717, 1.165) is 17.8 Å². The van der Waals surface area contributed by atoms with Crippen LogP contribution in [0.5, 0.6) is 0 Å². The van der Waals surface area contributed by atoms with Gasteiger partial charge in [0, 0.05) is 22.7 Å². The molecule has 2 aromatic carbocycles. The lowest BCUT2D eigenvalue weighted by atomic mass is 10.1. The standard InChI is InChI=1S/C21H20ClN3OS/c1-3-13-25-20(17-9-11-18(22)12-10-17)23-24-21(25)27-14-19(26)16-7-5-15(4-2)6-8-16/h3,5-12H,1,4,13-14H2,2H3. The minimum Gasteiger partial charge on any atom is -0.298 e. The molecule has 1 aromatic heterocycles. The molecule has 0 aliphatic rings. The third-order valence-corrected chi connectivity index (χ3v) is 5.37. The van der Waals surface area contributed by atoms with Gasteiger partial charge in [0.05, 0.1) is 5.75 Å². The van der Waals surface area contributed by atoms with Crippen LogP contribution < -0.4 is 0 Å². The van der Waals surface area contributed by atoms with Crippen molar-refractivity contribution in [2.45, 2.75) is 25.0 Å². The third kappa shape index (κ3) is 4.67. The third-order valence-electron chi connectivity index (χ3n) is 4.15. The van der Waals surface area contributed by atoms with Crippen LogP contribution in [-0.2, 0) is 13.0 Å². The fraction of sp³-hybridized carbons (Fsp3) is 0.190. The number of carbonyl (C=O) groups is 1. The Bertz CT molecular complexity index is 933. The quantitative estimate of drug-likeness (QED) is 0.293. The van der Waals surface area contributed by atoms with Gasteiger partial charge < -0.3 is 0 Å². The molecule has 0 unspecified atom stereocenters. The summed E-state index contributed by atoms with van der Waals surface area (Å²) in [7, 11) is 0. The van der Waals surface area contributed by atoms with Crippen LogP contribution in [0.25, 0.3) is 11.4 Å². The molecule has 0 fully saturated rings. The number of aromatic nitrogens is 3. The van der Waals surface area contributed by atoms with Crippen molar-refractivity contribution < 1.29 is 4.79 Å². The van der Waals surface area contributed by atoms with Crippen molar-refractivity contribution in [2.75, 3.05) is 5.75 Å². The van der Waals surface area contributed by atoms with E-state index in [1.165, 1.54) is 17.3 Å². The summed E-state index contributed by atoms with van der Waals surface area (Å²) >= 11 is 7.35. The van der Waals surface area contributed by atoms with E-state index >= 15 is 0 Å². The molecule has 3 rings (SSSR count). The second kappa shape index (κ2) is 9.02. The van der Waals surface area contributed by atoms with Gasteiger partial charge in [-0.15, -0.1) is 16.8 Å². The van der Waals surface area contributed by atoms with Gasteiger partial charge in [-0.1, -0.05) is 60.6 Å². The van der Waals surface area contributed by atoms with Crippen LogP contribution in [0.3, 0.4) is 0 Å². The topological polar surface area (TPSA) is 47.8 Å². The lowest BCUT2D eigenvalue weighted by Crippen LogP contribution is -2.05. The second-order valence-electron chi connectivity index (χ2n) is 5.97. The van der Waals surface area contributed by atoms with Crippen molar-refractivity contribution in [3.63, 3.8) is 0 Å². The number of carbonyl (C=O) groups excluding carboxylic acids is 1. The summed E-state index contributed by atoms with van der Waals surface area (Å²) in [5, 5.41) is 9.93. The molecule has 4 nitrogen and oxygen atoms in total. The van der Waals surface area contributed by atoms with Gasteiger partial charge in [0.1, 0.15) is 0 Å². The number of halogens is 1. The number of rotatable bonds is 8. The molecule has 0 amide bonds. The summed E-state index contributed by atoms with van der Waals surface area (Å²) in [6, 6.07) is 15.2. The monoisotopic (exact) mass is 397 g/mol. The Labute approximate surface area is 168 Å². The Balaban J connectivity index is 1.77. The first-order chi connectivity index (χ1) is 13.1. The van der Waals surface area contributed by atoms with Crippen molar-refractivity contribution in [1.29, 1.82) is 0 Å². The predicted octanol–water partition coefficient (Wildman–Crippen LogP) is 5.32. The van der Waals surface area contributed by atoms with Crippen molar-refractivity contribution in [1.82, 2.24) is 14.8 Å². The van der Waals surface area contributed by atoms with Crippen molar-refractivity contribution in [3.8, 4) is 11.4 Å². The van der Waals surface area contributed by atoms with Crippen LogP contribution in [0.2, 0.25) is 5.02 Å². The number of Topliss-reactive ketones (excluding diaryl/α,β-unsaturated/α-hetero) is 1. The molecule has 6 heteroatoms. The van der Waals surface area contributed by atoms with Gasteiger partial charge in [0.25, 0.3) is 0 Å². The number of nitrogens with zero attached hydrogens (tertiary/aromatic N) is 3. The normalized spacial score (nSPS) is 10.7. The summed E-state index contributed by atoms with van der Waals surface area (Å²) in [5.74, 6) is 1.11. The summed E-state index contributed by atoms with van der Waals surface area (Å²) in [6.45, 7) is 6.47. The van der Waals surface area contributed by atoms with Crippen molar-refractivity contribution in [3.05, 3.63) is 77.3 Å². The molecule has 0 saturated carbocycles. The Morgan fingerprint density at radius 2 is 1.85 bits per heavy atom. The van der Waals surface area contributed by atoms with Crippen LogP contribution in [-0.4, -0.2) is 26.3 Å². The van der Waals surface area contributed by atoms with Gasteiger partial charge >= 0.3 is 0 Å². The first-order valence-electron chi connectivity index (χ1n) is 8.67. The molecule has 3 aromatic rings. The lowest BCUT2D eigenvalue weighted by Gasteiger charge is -2.08. The van der Waals surface area contributed by atoms with Crippen molar-refractivity contribution >= 4 is 29.1 Å². The molecule has 0 aliphatic carbocycles. The molecule has 0 saturated heterocycles. The lowest BCUT2D eigenvalue weighted by molar-refractivity contribution is 0.102. The summed E-state index contributed by atoms with van der Waals surface area (Å²) in [5.41, 5.74) is 2.85. The fourth-order valence-electron chi connectivity index (χ4n) is 2.64. The van der Waals surface area contributed by atoms with E-state index in [9.17, 15) is 4.79 Å². The predicted molar refractivity (Wildman–Crippen MR) is 112 cm³/mol. The van der Waals surface area contributed by atoms with E-state index in [1.54, 1.807) is 6.08 Å². The molecule has 0 radical (unpaired) electrons. The minimum absolute atomic E-state index is 0.0730. The molecule has 0 spiro atoms. The summed E-state index contributed by atoms with van der Waals surface area (Å²) in [6.07, 6.45) is 2.75. The van der Waals surface area contributed by atoms with Crippen LogP contribution in [0.1, 0.15) is 22.8 Å². The van der Waals surface area contributed by atoms with Gasteiger partial charge in [0.15, 0.2) is 16.8 Å². The average Bonchev–Trinajstić information content (AvgIpc) is 3.09. The van der Waals surface area contributed by atoms with E-state index < -0.39 is 0 Å². The average molecular weight is 398 g/mol. The van der Waals surface area contributed by atoms with Crippen LogP contribution >= 0.6 is 23.4 Å². The largest absolute Gasteiger partial charge is 0.298 e. The maximum atomic E-state index is 12.5. The first kappa shape index (κ1) is 19.4. The number of hydrogen-bond donors (Lipinski definition) is 0. The molecule has 138 valence electrons. The zero-order valence-corrected chi connectivity index (χ0v) is 16.6. The summed E-state index contributed by atoms with van der Waals surface area (Å²) < 4.78 is 1.95. The first-order valence-corrected chi connectivity index (χ1v) is 10.0. The number of ketones is 1. The number of benzene rings is 2. The Hall–Kier alpha value is -2.37. The molecule has 0 atom stereocenters. The molecular formula is C21H20ClN3OS. The maximum absolute atomic E-state index is 12.5. The number of hydrogen-bond acceptors (Lipinski definition) is 4. The molecule has 0 aliphatic heterocycles. The minimum atomic E-state index is 0.0730. The smallest absolute Gasteiger partial charge is 0.192 e. The van der Waals surface area contributed by atoms with E-state index in [4.69, 9.17) is 11.6 Å². The van der Waals surface area contributed by atoms with Crippen LogP contribution in [0, 0.1) is 0 Å². The van der Waals surface area contributed by atoms with Gasteiger partial charge in [-0.25, -0.2) is 0 Å². The number of thioether (sulfide) groups is 1. The second-order valence-corrected chi connectivity index (χ2v) is 7.35. The maximum Gasteiger partial charge on any atom is 0.192 e. The van der Waals surface area contributed by atoms with Gasteiger partial charge in [-0.2, -0.15) is 0 Å². The van der Waals surface area contributed by atoms with E-state index in [0.29, 0.717) is 28.0 Å². The van der Waals surface area contributed by atoms with Crippen LogP contribution in [0.15, 0.2) is 66.3 Å². The van der Waals surface area contributed by atoms with E-state index in [2.05, 4.69) is 23.7 Å². The highest BCUT2D eigenvalue weighted by Gasteiger charge is 2.15. The highest BCUT2D eigenvalue weighted by atomic mass is 35.5. The molecule has 0 bridgehead atoms. The summed E-state index contributed by atoms with van der Waals surface area (Å²) in [4.78, 5) is 12.5. The number of allylic oxidation sites excluding steroid dienone is 1. The van der Waals surface area contributed by atoms with Gasteiger partial charge in [0.2, 0.25) is 0 Å². The highest BCUT2D eigenvalue weighted by molar-refractivity contribution is 7.99. The van der Waals surface area contributed by atoms with E-state index in [-0.39, 0.29) is 5.78 Å².